The second kappa shape index (κ2) is 14.4. The van der Waals surface area contributed by atoms with Crippen molar-refractivity contribution < 1.29 is 14.3 Å². The molecule has 2 rings (SSSR count). The molecule has 6 heteroatoms. The summed E-state index contributed by atoms with van der Waals surface area (Å²) in [5.74, 6) is -0.105. The lowest BCUT2D eigenvalue weighted by atomic mass is 10.0. The second-order valence-corrected chi connectivity index (χ2v) is 7.36. The maximum atomic E-state index is 10.7. The number of amides is 1. The van der Waals surface area contributed by atoms with Gasteiger partial charge in [-0.05, 0) is 43.9 Å². The lowest BCUT2D eigenvalue weighted by Crippen LogP contribution is -2.26. The Hall–Kier alpha value is -2.65. The van der Waals surface area contributed by atoms with Gasteiger partial charge in [-0.25, -0.2) is 0 Å². The minimum atomic E-state index is -0.553. The Kier molecular flexibility index (Phi) is 13.1. The number of ether oxygens (including phenoxy) is 2. The van der Waals surface area contributed by atoms with Gasteiger partial charge in [0.1, 0.15) is 5.76 Å². The fourth-order valence-electron chi connectivity index (χ4n) is 2.82. The molecule has 1 amide bonds. The Bertz CT molecular complexity index is 806. The summed E-state index contributed by atoms with van der Waals surface area (Å²) in [6.07, 6.45) is 8.72. The van der Waals surface area contributed by atoms with Gasteiger partial charge < -0.3 is 15.2 Å². The van der Waals surface area contributed by atoms with Crippen molar-refractivity contribution in [1.82, 2.24) is 0 Å². The van der Waals surface area contributed by atoms with E-state index in [0.717, 1.165) is 30.7 Å². The molecular formula is C25H39N3O3. The molecule has 0 aromatic heterocycles. The molecule has 2 aliphatic heterocycles. The predicted octanol–water partition coefficient (Wildman–Crippen LogP) is 5.88. The zero-order valence-corrected chi connectivity index (χ0v) is 20.5. The van der Waals surface area contributed by atoms with Crippen molar-refractivity contribution in [3.05, 3.63) is 45.9 Å². The molecule has 0 saturated carbocycles. The van der Waals surface area contributed by atoms with Gasteiger partial charge in [0.2, 0.25) is 11.7 Å². The van der Waals surface area contributed by atoms with Crippen molar-refractivity contribution in [2.24, 2.45) is 10.7 Å². The van der Waals surface area contributed by atoms with Crippen LogP contribution >= 0.6 is 0 Å². The van der Waals surface area contributed by atoms with Crippen LogP contribution in [0.25, 0.3) is 0 Å². The van der Waals surface area contributed by atoms with Crippen molar-refractivity contribution in [2.45, 2.75) is 86.9 Å². The number of carbonyl (C=O) groups is 1. The van der Waals surface area contributed by atoms with Gasteiger partial charge in [0, 0.05) is 37.6 Å². The van der Waals surface area contributed by atoms with Crippen LogP contribution in [-0.4, -0.2) is 24.5 Å². The van der Waals surface area contributed by atoms with Gasteiger partial charge in [-0.3, -0.25) is 9.79 Å². The van der Waals surface area contributed by atoms with E-state index in [2.05, 4.69) is 11.9 Å². The highest BCUT2D eigenvalue weighted by Crippen LogP contribution is 2.32. The number of nitrogens with zero attached hydrogens (tertiary/aromatic N) is 2. The Morgan fingerprint density at radius 1 is 1.35 bits per heavy atom. The molecule has 2 bridgehead atoms. The van der Waals surface area contributed by atoms with Crippen molar-refractivity contribution in [2.75, 3.05) is 6.61 Å². The first-order valence-electron chi connectivity index (χ1n) is 11.0. The van der Waals surface area contributed by atoms with Crippen molar-refractivity contribution >= 4 is 12.1 Å². The van der Waals surface area contributed by atoms with Crippen LogP contribution in [0.1, 0.15) is 81.1 Å². The summed E-state index contributed by atoms with van der Waals surface area (Å²) >= 11 is 0. The first-order chi connectivity index (χ1) is 14.7. The van der Waals surface area contributed by atoms with E-state index in [0.29, 0.717) is 24.2 Å². The maximum absolute atomic E-state index is 10.7. The summed E-state index contributed by atoms with van der Waals surface area (Å²) in [5, 5.41) is 8.55. The largest absolute Gasteiger partial charge is 0.465 e. The molecule has 0 unspecified atom stereocenters. The molecule has 2 N–H and O–H groups in total. The average Bonchev–Trinajstić information content (AvgIpc) is 3.00. The van der Waals surface area contributed by atoms with E-state index in [-0.39, 0.29) is 0 Å². The Morgan fingerprint density at radius 2 is 2.00 bits per heavy atom. The zero-order chi connectivity index (χ0) is 24.0. The monoisotopic (exact) mass is 429 g/mol. The van der Waals surface area contributed by atoms with Gasteiger partial charge in [-0.1, -0.05) is 40.2 Å². The quantitative estimate of drug-likeness (QED) is 0.335. The van der Waals surface area contributed by atoms with Crippen LogP contribution in [0.15, 0.2) is 50.9 Å². The third-order valence-electron chi connectivity index (χ3n) is 4.58. The van der Waals surface area contributed by atoms with Crippen LogP contribution in [0.4, 0.5) is 0 Å². The Morgan fingerprint density at radius 3 is 2.48 bits per heavy atom. The Balaban J connectivity index is 0.000000570. The number of aliphatic imine (C=N–C) groups is 1. The van der Waals surface area contributed by atoms with E-state index < -0.39 is 11.7 Å². The lowest BCUT2D eigenvalue weighted by molar-refractivity contribution is -0.177. The number of allylic oxidation sites excluding steroid dienone is 5. The van der Waals surface area contributed by atoms with Gasteiger partial charge in [0.15, 0.2) is 0 Å². The summed E-state index contributed by atoms with van der Waals surface area (Å²) < 4.78 is 11.7. The van der Waals surface area contributed by atoms with Gasteiger partial charge >= 0.3 is 0 Å². The standard InChI is InChI=1S/C14H21NO2.C9H12N2O.C2H6/c1-5-6-11-8-15-10(2)13-7-12(11)9-16-14(3,4)17-13;1-3-7(6-10)5-8(4-2)9(11)12;1-2/h8H,5-7,9H2,1-4H3;4-5H,3H2,1-2H3,(H2,11,12);1-2H3/b;7-5+,8-4+;. The predicted molar refractivity (Wildman–Crippen MR) is 127 cm³/mol. The number of rotatable bonds is 5. The fraction of sp³-hybridized carbons (Fsp3) is 0.560. The van der Waals surface area contributed by atoms with Gasteiger partial charge in [0.05, 0.1) is 18.4 Å². The summed E-state index contributed by atoms with van der Waals surface area (Å²) in [7, 11) is 0. The maximum Gasteiger partial charge on any atom is 0.248 e. The first kappa shape index (κ1) is 28.4. The lowest BCUT2D eigenvalue weighted by Gasteiger charge is -2.25. The molecule has 0 aromatic rings. The number of fused-ring (bicyclic) bond motifs is 2. The molecular weight excluding hydrogens is 390 g/mol. The molecule has 31 heavy (non-hydrogen) atoms. The molecule has 0 aliphatic carbocycles. The molecule has 0 aromatic carbocycles. The van der Waals surface area contributed by atoms with Crippen LogP contribution in [0.5, 0.6) is 0 Å². The molecule has 2 heterocycles. The fourth-order valence-corrected chi connectivity index (χ4v) is 2.82. The summed E-state index contributed by atoms with van der Waals surface area (Å²) in [6.45, 7) is 16.3. The van der Waals surface area contributed by atoms with Gasteiger partial charge in [-0.2, -0.15) is 5.26 Å². The van der Waals surface area contributed by atoms with Crippen LogP contribution in [0, 0.1) is 11.3 Å². The molecule has 0 atom stereocenters. The molecule has 172 valence electrons. The zero-order valence-electron chi connectivity index (χ0n) is 20.5. The van der Waals surface area contributed by atoms with E-state index in [9.17, 15) is 4.79 Å². The third-order valence-corrected chi connectivity index (χ3v) is 4.58. The minimum Gasteiger partial charge on any atom is -0.465 e. The van der Waals surface area contributed by atoms with E-state index in [1.54, 1.807) is 13.0 Å². The van der Waals surface area contributed by atoms with Gasteiger partial charge in [0.25, 0.3) is 0 Å². The van der Waals surface area contributed by atoms with E-state index >= 15 is 0 Å². The van der Waals surface area contributed by atoms with Crippen molar-refractivity contribution in [1.29, 1.82) is 5.26 Å². The third kappa shape index (κ3) is 9.80. The number of nitriles is 1. The summed E-state index contributed by atoms with van der Waals surface area (Å²) in [4.78, 5) is 15.2. The van der Waals surface area contributed by atoms with Crippen molar-refractivity contribution in [3.8, 4) is 6.07 Å². The Labute approximate surface area is 188 Å². The summed E-state index contributed by atoms with van der Waals surface area (Å²) in [5.41, 5.74) is 9.57. The number of hydrogen-bond acceptors (Lipinski definition) is 5. The second-order valence-electron chi connectivity index (χ2n) is 7.36. The van der Waals surface area contributed by atoms with Crippen LogP contribution in [0.2, 0.25) is 0 Å². The first-order valence-corrected chi connectivity index (χ1v) is 11.0. The number of hydrogen-bond donors (Lipinski definition) is 1. The molecule has 1 fully saturated rings. The molecule has 1 saturated heterocycles. The van der Waals surface area contributed by atoms with E-state index in [4.69, 9.17) is 20.5 Å². The number of nitrogens with two attached hydrogens (primary N) is 1. The van der Waals surface area contributed by atoms with E-state index in [1.165, 1.54) is 17.2 Å². The normalized spacial score (nSPS) is 17.8. The SMILES string of the molecule is C/C=C(\C=C(\C#N)CC)C(N)=O.CC.CCCC1=C2COC(C)(C)OC(=C(C)N=C1)C2. The van der Waals surface area contributed by atoms with Crippen LogP contribution in [-0.2, 0) is 14.3 Å². The van der Waals surface area contributed by atoms with E-state index in [1.807, 2.05) is 53.8 Å². The topological polar surface area (TPSA) is 97.7 Å². The minimum absolute atomic E-state index is 0.383. The van der Waals surface area contributed by atoms with Crippen LogP contribution < -0.4 is 5.73 Å². The van der Waals surface area contributed by atoms with Crippen molar-refractivity contribution in [3.63, 3.8) is 0 Å². The summed E-state index contributed by atoms with van der Waals surface area (Å²) in [6, 6.07) is 1.98. The number of primary amides is 1. The highest BCUT2D eigenvalue weighted by Gasteiger charge is 2.29. The highest BCUT2D eigenvalue weighted by molar-refractivity contribution is 5.95. The average molecular weight is 430 g/mol. The molecule has 0 radical (unpaired) electrons. The van der Waals surface area contributed by atoms with Crippen LogP contribution in [0.3, 0.4) is 0 Å². The smallest absolute Gasteiger partial charge is 0.248 e. The molecule has 0 spiro atoms. The number of carbonyl (C=O) groups excluding carboxylic acids is 1. The highest BCUT2D eigenvalue weighted by atomic mass is 16.7. The molecule has 2 aliphatic rings. The molecule has 6 nitrogen and oxygen atoms in total. The van der Waals surface area contributed by atoms with Gasteiger partial charge in [-0.15, -0.1) is 0 Å².